The standard InChI is InChI=1S/C11H12Cl3NO5S/c12-9-6-8(15(16)17)7-10(13)11(9)20-4-2-1-3-5-21(14,18)19/h6-7H,1-5H2. The van der Waals surface area contributed by atoms with Gasteiger partial charge in [0.25, 0.3) is 5.69 Å². The minimum Gasteiger partial charge on any atom is -0.490 e. The van der Waals surface area contributed by atoms with Gasteiger partial charge >= 0.3 is 0 Å². The van der Waals surface area contributed by atoms with E-state index in [-0.39, 0.29) is 33.8 Å². The van der Waals surface area contributed by atoms with E-state index >= 15 is 0 Å². The van der Waals surface area contributed by atoms with Gasteiger partial charge in [0.05, 0.1) is 27.3 Å². The molecule has 21 heavy (non-hydrogen) atoms. The Balaban J connectivity index is 2.48. The molecule has 0 saturated heterocycles. The van der Waals surface area contributed by atoms with Crippen LogP contribution in [0.25, 0.3) is 0 Å². The van der Waals surface area contributed by atoms with Crippen molar-refractivity contribution in [3.63, 3.8) is 0 Å². The number of benzene rings is 1. The van der Waals surface area contributed by atoms with Crippen molar-refractivity contribution in [1.82, 2.24) is 0 Å². The van der Waals surface area contributed by atoms with Crippen molar-refractivity contribution in [3.05, 3.63) is 32.3 Å². The summed E-state index contributed by atoms with van der Waals surface area (Å²) in [6.45, 7) is 0.263. The fourth-order valence-corrected chi connectivity index (χ4v) is 2.98. The van der Waals surface area contributed by atoms with Gasteiger partial charge < -0.3 is 4.74 Å². The van der Waals surface area contributed by atoms with Gasteiger partial charge in [0.15, 0.2) is 5.75 Å². The van der Waals surface area contributed by atoms with Crippen LogP contribution in [0.4, 0.5) is 5.69 Å². The van der Waals surface area contributed by atoms with Crippen molar-refractivity contribution < 1.29 is 18.1 Å². The summed E-state index contributed by atoms with van der Waals surface area (Å²) in [5, 5.41) is 10.7. The highest BCUT2D eigenvalue weighted by Crippen LogP contribution is 2.36. The lowest BCUT2D eigenvalue weighted by Crippen LogP contribution is -2.01. The van der Waals surface area contributed by atoms with Crippen molar-refractivity contribution >= 4 is 48.6 Å². The van der Waals surface area contributed by atoms with Gasteiger partial charge in [0.1, 0.15) is 0 Å². The Kier molecular flexibility index (Phi) is 6.99. The lowest BCUT2D eigenvalue weighted by atomic mass is 10.2. The number of hydrogen-bond donors (Lipinski definition) is 0. The molecule has 10 heteroatoms. The summed E-state index contributed by atoms with van der Waals surface area (Å²) < 4.78 is 26.8. The SMILES string of the molecule is O=[N+]([O-])c1cc(Cl)c(OCCCCCS(=O)(=O)Cl)c(Cl)c1. The van der Waals surface area contributed by atoms with Crippen molar-refractivity contribution in [3.8, 4) is 5.75 Å². The van der Waals surface area contributed by atoms with Crippen molar-refractivity contribution in [2.75, 3.05) is 12.4 Å². The van der Waals surface area contributed by atoms with E-state index in [1.165, 1.54) is 0 Å². The zero-order chi connectivity index (χ0) is 16.0. The normalized spacial score (nSPS) is 11.4. The molecule has 0 aliphatic rings. The third kappa shape index (κ3) is 6.69. The lowest BCUT2D eigenvalue weighted by molar-refractivity contribution is -0.384. The van der Waals surface area contributed by atoms with Gasteiger partial charge in [-0.1, -0.05) is 23.2 Å². The number of nitro groups is 1. The van der Waals surface area contributed by atoms with Crippen LogP contribution in [-0.4, -0.2) is 25.7 Å². The maximum absolute atomic E-state index is 10.7. The smallest absolute Gasteiger partial charge is 0.272 e. The molecule has 0 bridgehead atoms. The Morgan fingerprint density at radius 3 is 2.19 bits per heavy atom. The highest BCUT2D eigenvalue weighted by molar-refractivity contribution is 8.13. The van der Waals surface area contributed by atoms with Gasteiger partial charge in [0, 0.05) is 22.8 Å². The Hall–Kier alpha value is -0.760. The Bertz CT molecular complexity index is 597. The van der Waals surface area contributed by atoms with Crippen molar-refractivity contribution in [2.45, 2.75) is 19.3 Å². The largest absolute Gasteiger partial charge is 0.490 e. The molecule has 0 aliphatic carbocycles. The molecule has 0 aliphatic heterocycles. The van der Waals surface area contributed by atoms with Crippen LogP contribution in [0.1, 0.15) is 19.3 Å². The van der Waals surface area contributed by atoms with Gasteiger partial charge in [-0.15, -0.1) is 0 Å². The molecule has 0 heterocycles. The monoisotopic (exact) mass is 375 g/mol. The number of unbranched alkanes of at least 4 members (excludes halogenated alkanes) is 2. The summed E-state index contributed by atoms with van der Waals surface area (Å²) in [6, 6.07) is 2.31. The highest BCUT2D eigenvalue weighted by Gasteiger charge is 2.15. The van der Waals surface area contributed by atoms with Gasteiger partial charge in [-0.3, -0.25) is 10.1 Å². The summed E-state index contributed by atoms with van der Waals surface area (Å²) in [7, 11) is 1.61. The van der Waals surface area contributed by atoms with Crippen LogP contribution in [-0.2, 0) is 9.05 Å². The third-order valence-corrected chi connectivity index (χ3v) is 4.27. The van der Waals surface area contributed by atoms with E-state index in [1.807, 2.05) is 0 Å². The summed E-state index contributed by atoms with van der Waals surface area (Å²) in [6.07, 6.45) is 1.61. The Morgan fingerprint density at radius 1 is 1.14 bits per heavy atom. The molecule has 0 atom stereocenters. The summed E-state index contributed by atoms with van der Waals surface area (Å²) in [5.74, 6) is 0.0852. The second kappa shape index (κ2) is 8.03. The fraction of sp³-hybridized carbons (Fsp3) is 0.455. The van der Waals surface area contributed by atoms with Crippen LogP contribution in [0, 0.1) is 10.1 Å². The molecule has 0 spiro atoms. The molecular formula is C11H12Cl3NO5S. The molecule has 6 nitrogen and oxygen atoms in total. The first-order valence-corrected chi connectivity index (χ1v) is 9.12. The molecule has 1 aromatic rings. The van der Waals surface area contributed by atoms with Crippen LogP contribution in [0.2, 0.25) is 10.0 Å². The van der Waals surface area contributed by atoms with E-state index in [0.717, 1.165) is 12.1 Å². The summed E-state index contributed by atoms with van der Waals surface area (Å²) in [5.41, 5.74) is -0.218. The molecular weight excluding hydrogens is 365 g/mol. The van der Waals surface area contributed by atoms with Crippen LogP contribution >= 0.6 is 33.9 Å². The zero-order valence-corrected chi connectivity index (χ0v) is 13.8. The molecule has 0 N–H and O–H groups in total. The van der Waals surface area contributed by atoms with E-state index in [4.69, 9.17) is 38.6 Å². The number of halogens is 3. The molecule has 0 aromatic heterocycles. The average molecular weight is 377 g/mol. The molecule has 0 fully saturated rings. The first-order valence-electron chi connectivity index (χ1n) is 5.89. The third-order valence-electron chi connectivity index (χ3n) is 2.47. The number of nitro benzene ring substituents is 1. The lowest BCUT2D eigenvalue weighted by Gasteiger charge is -2.09. The van der Waals surface area contributed by atoms with Crippen molar-refractivity contribution in [2.24, 2.45) is 0 Å². The molecule has 118 valence electrons. The first kappa shape index (κ1) is 18.3. The van der Waals surface area contributed by atoms with Gasteiger partial charge in [-0.05, 0) is 19.3 Å². The van der Waals surface area contributed by atoms with Crippen LogP contribution in [0.3, 0.4) is 0 Å². The van der Waals surface area contributed by atoms with E-state index in [9.17, 15) is 18.5 Å². The maximum Gasteiger partial charge on any atom is 0.272 e. The predicted molar refractivity (Wildman–Crippen MR) is 82.1 cm³/mol. The van der Waals surface area contributed by atoms with Crippen molar-refractivity contribution in [1.29, 1.82) is 0 Å². The number of rotatable bonds is 8. The average Bonchev–Trinajstić information content (AvgIpc) is 2.34. The summed E-state index contributed by atoms with van der Waals surface area (Å²) >= 11 is 11.7. The first-order chi connectivity index (χ1) is 9.70. The quantitative estimate of drug-likeness (QED) is 0.296. The maximum atomic E-state index is 10.7. The summed E-state index contributed by atoms with van der Waals surface area (Å²) in [4.78, 5) is 10.0. The fourth-order valence-electron chi connectivity index (χ4n) is 1.52. The Morgan fingerprint density at radius 2 is 1.71 bits per heavy atom. The molecule has 1 rings (SSSR count). The Labute approximate surface area is 136 Å². The van der Waals surface area contributed by atoms with Gasteiger partial charge in [0.2, 0.25) is 9.05 Å². The number of non-ortho nitro benzene ring substituents is 1. The van der Waals surface area contributed by atoms with Crippen LogP contribution in [0.15, 0.2) is 12.1 Å². The highest BCUT2D eigenvalue weighted by atomic mass is 35.7. The van der Waals surface area contributed by atoms with E-state index in [2.05, 4.69) is 0 Å². The van der Waals surface area contributed by atoms with Crippen LogP contribution in [0.5, 0.6) is 5.75 Å². The molecule has 0 saturated carbocycles. The van der Waals surface area contributed by atoms with E-state index < -0.39 is 14.0 Å². The number of ether oxygens (including phenoxy) is 1. The predicted octanol–water partition coefficient (Wildman–Crippen LogP) is 4.02. The second-order valence-electron chi connectivity index (χ2n) is 4.15. The molecule has 0 unspecified atom stereocenters. The molecule has 0 radical (unpaired) electrons. The minimum absolute atomic E-state index is 0.0533. The second-order valence-corrected chi connectivity index (χ2v) is 7.86. The molecule has 0 amide bonds. The number of nitrogens with zero attached hydrogens (tertiary/aromatic N) is 1. The molecule has 1 aromatic carbocycles. The van der Waals surface area contributed by atoms with Crippen LogP contribution < -0.4 is 4.74 Å². The van der Waals surface area contributed by atoms with E-state index in [0.29, 0.717) is 19.3 Å². The zero-order valence-electron chi connectivity index (χ0n) is 10.7. The van der Waals surface area contributed by atoms with Gasteiger partial charge in [-0.2, -0.15) is 0 Å². The topological polar surface area (TPSA) is 86.5 Å². The number of hydrogen-bond acceptors (Lipinski definition) is 5. The van der Waals surface area contributed by atoms with E-state index in [1.54, 1.807) is 0 Å². The minimum atomic E-state index is -3.46. The van der Waals surface area contributed by atoms with Gasteiger partial charge in [-0.25, -0.2) is 8.42 Å².